The summed E-state index contributed by atoms with van der Waals surface area (Å²) >= 11 is 0. The van der Waals surface area contributed by atoms with Crippen LogP contribution in [0.2, 0.25) is 0 Å². The van der Waals surface area contributed by atoms with Crippen LogP contribution < -0.4 is 4.74 Å². The van der Waals surface area contributed by atoms with E-state index in [1.165, 1.54) is 0 Å². The zero-order chi connectivity index (χ0) is 17.0. The Morgan fingerprint density at radius 2 is 2.09 bits per heavy atom. The topological polar surface area (TPSA) is 59.0 Å². The molecule has 0 aliphatic carbocycles. The lowest BCUT2D eigenvalue weighted by Crippen LogP contribution is -2.31. The fraction of sp³-hybridized carbons (Fsp3) is 0.500. The predicted molar refractivity (Wildman–Crippen MR) is 88.7 cm³/mol. The van der Waals surface area contributed by atoms with Crippen molar-refractivity contribution in [3.05, 3.63) is 42.0 Å². The van der Waals surface area contributed by atoms with Crippen molar-refractivity contribution in [3.8, 4) is 5.75 Å². The number of para-hydroxylation sites is 1. The minimum absolute atomic E-state index is 0.0101. The third-order valence-electron chi connectivity index (χ3n) is 3.56. The van der Waals surface area contributed by atoms with E-state index >= 15 is 0 Å². The average molecular weight is 319 g/mol. The zero-order valence-corrected chi connectivity index (χ0v) is 14.0. The van der Waals surface area contributed by atoms with Gasteiger partial charge in [0.25, 0.3) is 5.91 Å². The second-order valence-corrected chi connectivity index (χ2v) is 6.24. The van der Waals surface area contributed by atoms with E-state index in [2.05, 4.69) is 6.58 Å². The lowest BCUT2D eigenvalue weighted by Gasteiger charge is -2.19. The standard InChI is InChI=1S/C18H25NO4/c1-12(2)11-22-16-8-6-5-7-14(16)18(21)19-9-15(20)17(10-19)23-13(3)4/h5-8,13,15,17,20H,1,9-11H2,2-4H3/t15-,17-/m0/s1. The number of ether oxygens (including phenoxy) is 2. The van der Waals surface area contributed by atoms with E-state index in [9.17, 15) is 9.90 Å². The third kappa shape index (κ3) is 4.56. The quantitative estimate of drug-likeness (QED) is 0.817. The third-order valence-corrected chi connectivity index (χ3v) is 3.56. The molecular weight excluding hydrogens is 294 g/mol. The van der Waals surface area contributed by atoms with Crippen LogP contribution >= 0.6 is 0 Å². The summed E-state index contributed by atoms with van der Waals surface area (Å²) in [6.07, 6.45) is -0.997. The highest BCUT2D eigenvalue weighted by Crippen LogP contribution is 2.24. The maximum atomic E-state index is 12.7. The Morgan fingerprint density at radius 3 is 2.74 bits per heavy atom. The summed E-state index contributed by atoms with van der Waals surface area (Å²) in [7, 11) is 0. The van der Waals surface area contributed by atoms with E-state index in [1.807, 2.05) is 26.8 Å². The molecule has 2 rings (SSSR count). The minimum atomic E-state index is -0.662. The van der Waals surface area contributed by atoms with Crippen LogP contribution in [-0.2, 0) is 4.74 Å². The summed E-state index contributed by atoms with van der Waals surface area (Å²) in [5, 5.41) is 10.1. The first-order valence-electron chi connectivity index (χ1n) is 7.87. The highest BCUT2D eigenvalue weighted by atomic mass is 16.5. The SMILES string of the molecule is C=C(C)COc1ccccc1C(=O)N1C[C@H](OC(C)C)[C@@H](O)C1. The van der Waals surface area contributed by atoms with Gasteiger partial charge in [-0.2, -0.15) is 0 Å². The number of hydrogen-bond acceptors (Lipinski definition) is 4. The molecule has 0 aromatic heterocycles. The van der Waals surface area contributed by atoms with E-state index in [-0.39, 0.29) is 24.7 Å². The maximum absolute atomic E-state index is 12.7. The molecule has 1 aliphatic heterocycles. The van der Waals surface area contributed by atoms with E-state index in [0.29, 0.717) is 24.5 Å². The molecule has 1 amide bonds. The molecule has 126 valence electrons. The van der Waals surface area contributed by atoms with Crippen LogP contribution in [0.3, 0.4) is 0 Å². The molecule has 5 heteroatoms. The number of likely N-dealkylation sites (tertiary alicyclic amines) is 1. The normalized spacial score (nSPS) is 20.8. The van der Waals surface area contributed by atoms with E-state index < -0.39 is 6.10 Å². The highest BCUT2D eigenvalue weighted by Gasteiger charge is 2.36. The van der Waals surface area contributed by atoms with Gasteiger partial charge in [0, 0.05) is 13.1 Å². The van der Waals surface area contributed by atoms with Gasteiger partial charge in [0.15, 0.2) is 0 Å². The summed E-state index contributed by atoms with van der Waals surface area (Å²) in [5.74, 6) is 0.374. The Bertz CT molecular complexity index is 570. The van der Waals surface area contributed by atoms with Crippen LogP contribution in [0.25, 0.3) is 0 Å². The van der Waals surface area contributed by atoms with Crippen molar-refractivity contribution in [2.75, 3.05) is 19.7 Å². The lowest BCUT2D eigenvalue weighted by molar-refractivity contribution is -0.0394. The monoisotopic (exact) mass is 319 g/mol. The van der Waals surface area contributed by atoms with Crippen LogP contribution in [0.5, 0.6) is 5.75 Å². The van der Waals surface area contributed by atoms with E-state index in [0.717, 1.165) is 5.57 Å². The first-order chi connectivity index (χ1) is 10.9. The number of nitrogens with zero attached hydrogens (tertiary/aromatic N) is 1. The molecule has 1 aromatic rings. The molecule has 2 atom stereocenters. The van der Waals surface area contributed by atoms with Gasteiger partial charge in [-0.15, -0.1) is 0 Å². The number of β-amino-alcohol motifs (C(OH)–C–C–N with tert-alkyl or cyclic N) is 1. The van der Waals surface area contributed by atoms with Crippen molar-refractivity contribution < 1.29 is 19.4 Å². The summed E-state index contributed by atoms with van der Waals surface area (Å²) in [4.78, 5) is 14.4. The number of aliphatic hydroxyl groups excluding tert-OH is 1. The molecule has 1 aromatic carbocycles. The average Bonchev–Trinajstić information content (AvgIpc) is 2.85. The van der Waals surface area contributed by atoms with Gasteiger partial charge in [0.1, 0.15) is 18.5 Å². The fourth-order valence-electron chi connectivity index (χ4n) is 2.55. The van der Waals surface area contributed by atoms with Crippen molar-refractivity contribution in [2.24, 2.45) is 0 Å². The van der Waals surface area contributed by atoms with Gasteiger partial charge in [0.05, 0.1) is 17.8 Å². The maximum Gasteiger partial charge on any atom is 0.257 e. The molecule has 0 saturated carbocycles. The van der Waals surface area contributed by atoms with Gasteiger partial charge < -0.3 is 19.5 Å². The van der Waals surface area contributed by atoms with E-state index in [1.54, 1.807) is 23.1 Å². The molecule has 5 nitrogen and oxygen atoms in total. The fourth-order valence-corrected chi connectivity index (χ4v) is 2.55. The number of rotatable bonds is 6. The van der Waals surface area contributed by atoms with Crippen LogP contribution in [0, 0.1) is 0 Å². The molecule has 0 spiro atoms. The number of carbonyl (C=O) groups excluding carboxylic acids is 1. The molecule has 1 N–H and O–H groups in total. The molecule has 0 bridgehead atoms. The smallest absolute Gasteiger partial charge is 0.257 e. The van der Waals surface area contributed by atoms with Crippen molar-refractivity contribution in [2.45, 2.75) is 39.1 Å². The molecule has 0 radical (unpaired) electrons. The molecule has 0 unspecified atom stereocenters. The predicted octanol–water partition coefficient (Wildman–Crippen LogP) is 2.25. The van der Waals surface area contributed by atoms with Gasteiger partial charge in [-0.3, -0.25) is 4.79 Å². The Morgan fingerprint density at radius 1 is 1.39 bits per heavy atom. The Balaban J connectivity index is 2.10. The lowest BCUT2D eigenvalue weighted by atomic mass is 10.1. The number of amides is 1. The zero-order valence-electron chi connectivity index (χ0n) is 14.0. The molecule has 1 heterocycles. The number of hydrogen-bond donors (Lipinski definition) is 1. The van der Waals surface area contributed by atoms with E-state index in [4.69, 9.17) is 9.47 Å². The van der Waals surface area contributed by atoms with Crippen molar-refractivity contribution in [1.82, 2.24) is 4.90 Å². The Kier molecular flexibility index (Phi) is 5.80. The van der Waals surface area contributed by atoms with Gasteiger partial charge in [-0.25, -0.2) is 0 Å². The van der Waals surface area contributed by atoms with Crippen molar-refractivity contribution >= 4 is 5.91 Å². The number of carbonyl (C=O) groups is 1. The summed E-state index contributed by atoms with van der Waals surface area (Å²) < 4.78 is 11.3. The second-order valence-electron chi connectivity index (χ2n) is 6.24. The largest absolute Gasteiger partial charge is 0.488 e. The van der Waals surface area contributed by atoms with Gasteiger partial charge >= 0.3 is 0 Å². The molecule has 1 aliphatic rings. The molecule has 1 fully saturated rings. The highest BCUT2D eigenvalue weighted by molar-refractivity contribution is 5.97. The first-order valence-corrected chi connectivity index (χ1v) is 7.87. The van der Waals surface area contributed by atoms with Crippen LogP contribution in [-0.4, -0.2) is 53.9 Å². The van der Waals surface area contributed by atoms with Gasteiger partial charge in [-0.1, -0.05) is 18.7 Å². The Hall–Kier alpha value is -1.85. The van der Waals surface area contributed by atoms with Gasteiger partial charge in [-0.05, 0) is 38.5 Å². The summed E-state index contributed by atoms with van der Waals surface area (Å²) in [6.45, 7) is 10.5. The molecule has 1 saturated heterocycles. The van der Waals surface area contributed by atoms with Crippen molar-refractivity contribution in [1.29, 1.82) is 0 Å². The first kappa shape index (κ1) is 17.5. The summed E-state index contributed by atoms with van der Waals surface area (Å²) in [5.41, 5.74) is 1.38. The van der Waals surface area contributed by atoms with Gasteiger partial charge in [0.2, 0.25) is 0 Å². The van der Waals surface area contributed by atoms with Crippen LogP contribution in [0.4, 0.5) is 0 Å². The minimum Gasteiger partial charge on any atom is -0.488 e. The second kappa shape index (κ2) is 7.62. The summed E-state index contributed by atoms with van der Waals surface area (Å²) in [6, 6.07) is 7.13. The van der Waals surface area contributed by atoms with Crippen molar-refractivity contribution in [3.63, 3.8) is 0 Å². The van der Waals surface area contributed by atoms with Crippen LogP contribution in [0.15, 0.2) is 36.4 Å². The van der Waals surface area contributed by atoms with Crippen LogP contribution in [0.1, 0.15) is 31.1 Å². The Labute approximate surface area is 137 Å². The molecule has 23 heavy (non-hydrogen) atoms. The molecular formula is C18H25NO4. The number of benzene rings is 1. The number of aliphatic hydroxyl groups is 1.